The van der Waals surface area contributed by atoms with Gasteiger partial charge in [-0.15, -0.1) is 10.2 Å². The van der Waals surface area contributed by atoms with Gasteiger partial charge in [0.15, 0.2) is 0 Å². The van der Waals surface area contributed by atoms with Gasteiger partial charge in [0.1, 0.15) is 11.7 Å². The van der Waals surface area contributed by atoms with Crippen molar-refractivity contribution in [2.45, 2.75) is 24.5 Å². The molecule has 26 heavy (non-hydrogen) atoms. The number of nitrogens with two attached hydrogens (primary N) is 1. The zero-order chi connectivity index (χ0) is 19.1. The second-order valence-electron chi connectivity index (χ2n) is 5.36. The number of aromatic nitrogens is 3. The third-order valence-corrected chi connectivity index (χ3v) is 4.40. The standard InChI is InChI=1S/C16H19N5O4S/c1-10-14(23)21(17)16(20-19-10)26-9-13(22)18-12(15(24)25-2)8-11-6-4-3-5-7-11/h3-7,12H,8-9,17H2,1-2H3,(H,18,22)/t12-/m1/s1. The first-order valence-electron chi connectivity index (χ1n) is 7.67. The Morgan fingerprint density at radius 3 is 2.65 bits per heavy atom. The molecule has 10 heteroatoms. The number of nitrogens with zero attached hydrogens (tertiary/aromatic N) is 3. The number of methoxy groups -OCH3 is 1. The van der Waals surface area contributed by atoms with Crippen LogP contribution in [0, 0.1) is 6.92 Å². The zero-order valence-electron chi connectivity index (χ0n) is 14.3. The third kappa shape index (κ3) is 5.06. The first-order chi connectivity index (χ1) is 12.4. The summed E-state index contributed by atoms with van der Waals surface area (Å²) in [6, 6.07) is 8.44. The van der Waals surface area contributed by atoms with E-state index in [1.54, 1.807) is 0 Å². The molecule has 0 unspecified atom stereocenters. The molecule has 0 spiro atoms. The highest BCUT2D eigenvalue weighted by molar-refractivity contribution is 7.99. The monoisotopic (exact) mass is 377 g/mol. The molecule has 1 amide bonds. The van der Waals surface area contributed by atoms with E-state index in [0.29, 0.717) is 6.42 Å². The van der Waals surface area contributed by atoms with Crippen molar-refractivity contribution in [2.75, 3.05) is 18.7 Å². The molecule has 0 bridgehead atoms. The molecule has 0 fully saturated rings. The first-order valence-corrected chi connectivity index (χ1v) is 8.66. The van der Waals surface area contributed by atoms with E-state index >= 15 is 0 Å². The van der Waals surface area contributed by atoms with Crippen molar-refractivity contribution in [1.29, 1.82) is 0 Å². The molecule has 0 radical (unpaired) electrons. The summed E-state index contributed by atoms with van der Waals surface area (Å²) >= 11 is 0.946. The highest BCUT2D eigenvalue weighted by Gasteiger charge is 2.22. The van der Waals surface area contributed by atoms with Gasteiger partial charge in [0, 0.05) is 6.42 Å². The van der Waals surface area contributed by atoms with Gasteiger partial charge in [0.05, 0.1) is 12.9 Å². The second-order valence-corrected chi connectivity index (χ2v) is 6.31. The van der Waals surface area contributed by atoms with Crippen molar-refractivity contribution >= 4 is 23.6 Å². The summed E-state index contributed by atoms with van der Waals surface area (Å²) in [4.78, 5) is 35.8. The van der Waals surface area contributed by atoms with Crippen LogP contribution in [0.15, 0.2) is 40.3 Å². The molecule has 0 aliphatic carbocycles. The number of rotatable bonds is 7. The molecule has 0 saturated heterocycles. The van der Waals surface area contributed by atoms with Crippen LogP contribution in [0.4, 0.5) is 0 Å². The largest absolute Gasteiger partial charge is 0.467 e. The Kier molecular flexibility index (Phi) is 6.73. The number of hydrogen-bond donors (Lipinski definition) is 2. The van der Waals surface area contributed by atoms with Crippen molar-refractivity contribution in [1.82, 2.24) is 20.2 Å². The van der Waals surface area contributed by atoms with Crippen LogP contribution in [0.3, 0.4) is 0 Å². The van der Waals surface area contributed by atoms with Crippen LogP contribution in [-0.4, -0.2) is 45.7 Å². The molecule has 2 rings (SSSR count). The molecule has 3 N–H and O–H groups in total. The molecule has 138 valence electrons. The number of carbonyl (C=O) groups excluding carboxylic acids is 2. The molecule has 0 saturated carbocycles. The van der Waals surface area contributed by atoms with Gasteiger partial charge in [-0.3, -0.25) is 9.59 Å². The number of nitrogens with one attached hydrogen (secondary N) is 1. The Labute approximate surface area is 153 Å². The lowest BCUT2D eigenvalue weighted by molar-refractivity contribution is -0.144. The maximum absolute atomic E-state index is 12.2. The Balaban J connectivity index is 2.00. The number of thioether (sulfide) groups is 1. The minimum Gasteiger partial charge on any atom is -0.467 e. The second kappa shape index (κ2) is 8.99. The van der Waals surface area contributed by atoms with Gasteiger partial charge in [0.25, 0.3) is 5.56 Å². The fourth-order valence-corrected chi connectivity index (χ4v) is 2.78. The van der Waals surface area contributed by atoms with E-state index in [2.05, 4.69) is 15.5 Å². The van der Waals surface area contributed by atoms with Gasteiger partial charge in [-0.1, -0.05) is 42.1 Å². The molecule has 1 atom stereocenters. The number of hydrogen-bond acceptors (Lipinski definition) is 8. The summed E-state index contributed by atoms with van der Waals surface area (Å²) in [6.45, 7) is 1.49. The Bertz CT molecular complexity index is 840. The van der Waals surface area contributed by atoms with Crippen LogP contribution in [0.25, 0.3) is 0 Å². The fourth-order valence-electron chi connectivity index (χ4n) is 2.12. The summed E-state index contributed by atoms with van der Waals surface area (Å²) < 4.78 is 5.58. The van der Waals surface area contributed by atoms with Crippen LogP contribution < -0.4 is 16.7 Å². The van der Waals surface area contributed by atoms with Gasteiger partial charge >= 0.3 is 5.97 Å². The fraction of sp³-hybridized carbons (Fsp3) is 0.312. The van der Waals surface area contributed by atoms with Gasteiger partial charge in [-0.25, -0.2) is 4.79 Å². The van der Waals surface area contributed by atoms with Gasteiger partial charge in [0.2, 0.25) is 11.1 Å². The highest BCUT2D eigenvalue weighted by Crippen LogP contribution is 2.11. The minimum atomic E-state index is -0.820. The number of amides is 1. The van der Waals surface area contributed by atoms with Gasteiger partial charge in [-0.2, -0.15) is 4.68 Å². The topological polar surface area (TPSA) is 129 Å². The van der Waals surface area contributed by atoms with Crippen LogP contribution >= 0.6 is 11.8 Å². The van der Waals surface area contributed by atoms with E-state index in [1.165, 1.54) is 14.0 Å². The molecular formula is C16H19N5O4S. The number of nitrogen functional groups attached to an aromatic ring is 1. The normalized spacial score (nSPS) is 11.6. The zero-order valence-corrected chi connectivity index (χ0v) is 15.2. The highest BCUT2D eigenvalue weighted by atomic mass is 32.2. The molecule has 1 heterocycles. The lowest BCUT2D eigenvalue weighted by Gasteiger charge is -2.16. The Morgan fingerprint density at radius 2 is 2.00 bits per heavy atom. The molecule has 1 aromatic carbocycles. The van der Waals surface area contributed by atoms with E-state index in [1.807, 2.05) is 30.3 Å². The summed E-state index contributed by atoms with van der Waals surface area (Å²) in [5.41, 5.74) is 0.561. The summed E-state index contributed by atoms with van der Waals surface area (Å²) in [6.07, 6.45) is 0.301. The van der Waals surface area contributed by atoms with Crippen LogP contribution in [0.1, 0.15) is 11.3 Å². The number of benzene rings is 1. The predicted octanol–water partition coefficient (Wildman–Crippen LogP) is -0.347. The van der Waals surface area contributed by atoms with Crippen molar-refractivity contribution < 1.29 is 14.3 Å². The Morgan fingerprint density at radius 1 is 1.31 bits per heavy atom. The van der Waals surface area contributed by atoms with Crippen molar-refractivity contribution in [3.05, 3.63) is 51.9 Å². The number of carbonyl (C=O) groups is 2. The average Bonchev–Trinajstić information content (AvgIpc) is 2.65. The molecule has 0 aliphatic heterocycles. The Hall–Kier alpha value is -2.88. The maximum Gasteiger partial charge on any atom is 0.328 e. The van der Waals surface area contributed by atoms with E-state index in [4.69, 9.17) is 10.6 Å². The van der Waals surface area contributed by atoms with Crippen LogP contribution in [0.5, 0.6) is 0 Å². The van der Waals surface area contributed by atoms with Gasteiger partial charge in [-0.05, 0) is 12.5 Å². The molecule has 0 aliphatic rings. The minimum absolute atomic E-state index is 0.0866. The summed E-state index contributed by atoms with van der Waals surface area (Å²) in [5.74, 6) is 4.57. The lowest BCUT2D eigenvalue weighted by Crippen LogP contribution is -2.44. The van der Waals surface area contributed by atoms with Crippen LogP contribution in [0.2, 0.25) is 0 Å². The molecule has 1 aromatic heterocycles. The van der Waals surface area contributed by atoms with E-state index in [-0.39, 0.29) is 16.6 Å². The van der Waals surface area contributed by atoms with Crippen LogP contribution in [-0.2, 0) is 20.7 Å². The third-order valence-electron chi connectivity index (χ3n) is 3.46. The smallest absolute Gasteiger partial charge is 0.328 e. The van der Waals surface area contributed by atoms with E-state index in [9.17, 15) is 14.4 Å². The number of aryl methyl sites for hydroxylation is 1. The van der Waals surface area contributed by atoms with Crippen molar-refractivity contribution in [2.24, 2.45) is 0 Å². The molecule has 2 aromatic rings. The van der Waals surface area contributed by atoms with E-state index < -0.39 is 23.5 Å². The summed E-state index contributed by atoms with van der Waals surface area (Å²) in [5, 5.41) is 10.2. The number of esters is 1. The SMILES string of the molecule is COC(=O)[C@@H](Cc1ccccc1)NC(=O)CSc1nnc(C)c(=O)n1N. The van der Waals surface area contributed by atoms with E-state index in [0.717, 1.165) is 22.0 Å². The number of ether oxygens (including phenoxy) is 1. The quantitative estimate of drug-likeness (QED) is 0.381. The molecule has 9 nitrogen and oxygen atoms in total. The van der Waals surface area contributed by atoms with Crippen molar-refractivity contribution in [3.8, 4) is 0 Å². The maximum atomic E-state index is 12.2. The summed E-state index contributed by atoms with van der Waals surface area (Å²) in [7, 11) is 1.26. The average molecular weight is 377 g/mol. The van der Waals surface area contributed by atoms with Crippen molar-refractivity contribution in [3.63, 3.8) is 0 Å². The lowest BCUT2D eigenvalue weighted by atomic mass is 10.1. The predicted molar refractivity (Wildman–Crippen MR) is 96.0 cm³/mol. The van der Waals surface area contributed by atoms with Gasteiger partial charge < -0.3 is 15.9 Å². The first kappa shape index (κ1) is 19.4. The molecular weight excluding hydrogens is 358 g/mol.